The number of ether oxygens (including phenoxy) is 1. The number of benzene rings is 1. The Bertz CT molecular complexity index is 568. The molecule has 1 amide bonds. The Hall–Kier alpha value is -2.30. The van der Waals surface area contributed by atoms with E-state index in [0.29, 0.717) is 12.5 Å². The zero-order valence-electron chi connectivity index (χ0n) is 11.8. The third-order valence-corrected chi connectivity index (χ3v) is 3.70. The van der Waals surface area contributed by atoms with Gasteiger partial charge in [0, 0.05) is 23.9 Å². The van der Waals surface area contributed by atoms with Gasteiger partial charge in [-0.3, -0.25) is 0 Å². The zero-order chi connectivity index (χ0) is 14.5. The Morgan fingerprint density at radius 3 is 3.00 bits per heavy atom. The molecule has 2 aromatic rings. The average Bonchev–Trinajstić information content (AvgIpc) is 3.07. The van der Waals surface area contributed by atoms with Crippen LogP contribution in [0.2, 0.25) is 0 Å². The van der Waals surface area contributed by atoms with Crippen molar-refractivity contribution in [2.45, 2.75) is 31.2 Å². The number of rotatable bonds is 6. The number of nitrogens with one attached hydrogen (secondary N) is 2. The van der Waals surface area contributed by atoms with Crippen molar-refractivity contribution in [1.82, 2.24) is 15.3 Å². The monoisotopic (exact) mass is 285 g/mol. The maximum Gasteiger partial charge on any atom is 0.407 e. The average molecular weight is 285 g/mol. The lowest BCUT2D eigenvalue weighted by Gasteiger charge is -2.06. The number of aromatic amines is 1. The number of nitrogens with zero attached hydrogens (tertiary/aromatic N) is 1. The van der Waals surface area contributed by atoms with Gasteiger partial charge in [0.15, 0.2) is 0 Å². The van der Waals surface area contributed by atoms with Crippen LogP contribution in [0.1, 0.15) is 30.0 Å². The number of carbonyl (C=O) groups excluding carboxylic acids is 1. The lowest BCUT2D eigenvalue weighted by atomic mass is 10.1. The van der Waals surface area contributed by atoms with Crippen molar-refractivity contribution < 1.29 is 9.53 Å². The smallest absolute Gasteiger partial charge is 0.407 e. The van der Waals surface area contributed by atoms with Crippen LogP contribution in [0.5, 0.6) is 0 Å². The summed E-state index contributed by atoms with van der Waals surface area (Å²) in [4.78, 5) is 18.6. The first kappa shape index (κ1) is 13.7. The van der Waals surface area contributed by atoms with Gasteiger partial charge < -0.3 is 15.0 Å². The predicted molar refractivity (Wildman–Crippen MR) is 79.0 cm³/mol. The summed E-state index contributed by atoms with van der Waals surface area (Å²) in [6.07, 6.45) is 5.75. The number of amides is 1. The van der Waals surface area contributed by atoms with Gasteiger partial charge in [0.25, 0.3) is 0 Å². The van der Waals surface area contributed by atoms with E-state index in [1.165, 1.54) is 5.56 Å². The Morgan fingerprint density at radius 2 is 2.24 bits per heavy atom. The van der Waals surface area contributed by atoms with Gasteiger partial charge in [0.05, 0.1) is 12.9 Å². The molecular weight excluding hydrogens is 266 g/mol. The number of alkyl carbamates (subject to hydrolysis) is 1. The second-order valence-electron chi connectivity index (χ2n) is 5.32. The van der Waals surface area contributed by atoms with Gasteiger partial charge in [0.2, 0.25) is 0 Å². The van der Waals surface area contributed by atoms with Gasteiger partial charge in [-0.15, -0.1) is 0 Å². The summed E-state index contributed by atoms with van der Waals surface area (Å²) in [5.74, 6) is 0.434. The van der Waals surface area contributed by atoms with Gasteiger partial charge >= 0.3 is 6.09 Å². The molecule has 0 aliphatic heterocycles. The fourth-order valence-corrected chi connectivity index (χ4v) is 2.47. The number of hydrogen-bond donors (Lipinski definition) is 2. The number of imidazole rings is 1. The second-order valence-corrected chi connectivity index (χ2v) is 5.32. The maximum atomic E-state index is 11.7. The molecule has 1 aromatic heterocycles. The highest BCUT2D eigenvalue weighted by molar-refractivity contribution is 5.68. The van der Waals surface area contributed by atoms with Crippen LogP contribution >= 0.6 is 0 Å². The zero-order valence-corrected chi connectivity index (χ0v) is 11.8. The van der Waals surface area contributed by atoms with Gasteiger partial charge in [-0.1, -0.05) is 30.3 Å². The van der Waals surface area contributed by atoms with Gasteiger partial charge in [-0.25, -0.2) is 9.78 Å². The molecule has 5 heteroatoms. The van der Waals surface area contributed by atoms with E-state index in [0.717, 1.165) is 25.0 Å². The lowest BCUT2D eigenvalue weighted by molar-refractivity contribution is 0.144. The summed E-state index contributed by atoms with van der Waals surface area (Å²) in [6.45, 7) is 0.424. The summed E-state index contributed by atoms with van der Waals surface area (Å²) in [7, 11) is 0. The third-order valence-electron chi connectivity index (χ3n) is 3.70. The van der Waals surface area contributed by atoms with Crippen molar-refractivity contribution in [2.24, 2.45) is 0 Å². The van der Waals surface area contributed by atoms with Crippen LogP contribution in [-0.2, 0) is 11.2 Å². The highest BCUT2D eigenvalue weighted by Gasteiger charge is 2.39. The van der Waals surface area contributed by atoms with E-state index in [-0.39, 0.29) is 12.1 Å². The molecule has 1 aromatic carbocycles. The SMILES string of the molecule is O=C(NC1CC1c1ccccc1)OCCCc1cnc[nH]1. The van der Waals surface area contributed by atoms with Crippen molar-refractivity contribution in [1.29, 1.82) is 0 Å². The molecule has 110 valence electrons. The molecule has 21 heavy (non-hydrogen) atoms. The Morgan fingerprint density at radius 1 is 1.38 bits per heavy atom. The van der Waals surface area contributed by atoms with E-state index in [1.807, 2.05) is 18.2 Å². The summed E-state index contributed by atoms with van der Waals surface area (Å²) in [5, 5.41) is 2.91. The summed E-state index contributed by atoms with van der Waals surface area (Å²) >= 11 is 0. The van der Waals surface area contributed by atoms with Crippen molar-refractivity contribution >= 4 is 6.09 Å². The second kappa shape index (κ2) is 6.43. The summed E-state index contributed by atoms with van der Waals surface area (Å²) < 4.78 is 5.19. The molecule has 2 atom stereocenters. The minimum atomic E-state index is -0.317. The van der Waals surface area contributed by atoms with Crippen molar-refractivity contribution in [2.75, 3.05) is 6.61 Å². The predicted octanol–water partition coefficient (Wildman–Crippen LogP) is 2.62. The van der Waals surface area contributed by atoms with E-state index < -0.39 is 0 Å². The molecule has 0 spiro atoms. The molecule has 0 saturated heterocycles. The Kier molecular flexibility index (Phi) is 4.19. The van der Waals surface area contributed by atoms with Crippen LogP contribution in [0.15, 0.2) is 42.9 Å². The molecule has 0 bridgehead atoms. The summed E-state index contributed by atoms with van der Waals surface area (Å²) in [5.41, 5.74) is 2.34. The maximum absolute atomic E-state index is 11.7. The number of aromatic nitrogens is 2. The van der Waals surface area contributed by atoms with Crippen molar-refractivity contribution in [3.63, 3.8) is 0 Å². The quantitative estimate of drug-likeness (QED) is 0.802. The minimum Gasteiger partial charge on any atom is -0.450 e. The molecule has 5 nitrogen and oxygen atoms in total. The highest BCUT2D eigenvalue weighted by Crippen LogP contribution is 2.40. The van der Waals surface area contributed by atoms with Crippen molar-refractivity contribution in [3.8, 4) is 0 Å². The van der Waals surface area contributed by atoms with Crippen LogP contribution < -0.4 is 5.32 Å². The minimum absolute atomic E-state index is 0.215. The Balaban J connectivity index is 1.32. The van der Waals surface area contributed by atoms with E-state index in [2.05, 4.69) is 27.4 Å². The molecule has 2 unspecified atom stereocenters. The van der Waals surface area contributed by atoms with Crippen molar-refractivity contribution in [3.05, 3.63) is 54.1 Å². The van der Waals surface area contributed by atoms with Crippen LogP contribution in [-0.4, -0.2) is 28.7 Å². The number of aryl methyl sites for hydroxylation is 1. The van der Waals surface area contributed by atoms with Gasteiger partial charge in [-0.05, 0) is 24.8 Å². The molecule has 3 rings (SSSR count). The normalized spacial score (nSPS) is 20.0. The number of carbonyl (C=O) groups is 1. The number of hydrogen-bond acceptors (Lipinski definition) is 3. The van der Waals surface area contributed by atoms with Gasteiger partial charge in [0.1, 0.15) is 0 Å². The molecule has 0 radical (unpaired) electrons. The molecule has 1 aliphatic carbocycles. The molecule has 1 saturated carbocycles. The third kappa shape index (κ3) is 3.84. The largest absolute Gasteiger partial charge is 0.450 e. The van der Waals surface area contributed by atoms with Crippen LogP contribution in [0.3, 0.4) is 0 Å². The lowest BCUT2D eigenvalue weighted by Crippen LogP contribution is -2.27. The first-order valence-electron chi connectivity index (χ1n) is 7.28. The first-order chi connectivity index (χ1) is 10.3. The molecule has 1 aliphatic rings. The Labute approximate surface area is 123 Å². The van der Waals surface area contributed by atoms with Gasteiger partial charge in [-0.2, -0.15) is 0 Å². The van der Waals surface area contributed by atoms with Crippen LogP contribution in [0.4, 0.5) is 4.79 Å². The van der Waals surface area contributed by atoms with Crippen LogP contribution in [0, 0.1) is 0 Å². The van der Waals surface area contributed by atoms with E-state index in [1.54, 1.807) is 12.5 Å². The van der Waals surface area contributed by atoms with Crippen LogP contribution in [0.25, 0.3) is 0 Å². The van der Waals surface area contributed by atoms with E-state index >= 15 is 0 Å². The molecular formula is C16H19N3O2. The molecule has 1 fully saturated rings. The molecule has 2 N–H and O–H groups in total. The number of H-pyrrole nitrogens is 1. The first-order valence-corrected chi connectivity index (χ1v) is 7.28. The van der Waals surface area contributed by atoms with E-state index in [4.69, 9.17) is 4.74 Å². The fraction of sp³-hybridized carbons (Fsp3) is 0.375. The molecule has 1 heterocycles. The fourth-order valence-electron chi connectivity index (χ4n) is 2.47. The standard InChI is InChI=1S/C16H19N3O2/c20-16(21-8-4-7-13-10-17-11-18-13)19-15-9-14(15)12-5-2-1-3-6-12/h1-3,5-6,10-11,14-15H,4,7-9H2,(H,17,18)(H,19,20). The summed E-state index contributed by atoms with van der Waals surface area (Å²) in [6, 6.07) is 10.5. The highest BCUT2D eigenvalue weighted by atomic mass is 16.5. The van der Waals surface area contributed by atoms with E-state index in [9.17, 15) is 4.79 Å². The topological polar surface area (TPSA) is 67.0 Å².